The Morgan fingerprint density at radius 2 is 2.25 bits per heavy atom. The molecule has 0 spiro atoms. The van der Waals surface area contributed by atoms with Crippen LogP contribution in [0.25, 0.3) is 0 Å². The second-order valence-corrected chi connectivity index (χ2v) is 4.28. The summed E-state index contributed by atoms with van der Waals surface area (Å²) in [6.07, 6.45) is 0. The third-order valence-corrected chi connectivity index (χ3v) is 2.13. The average molecular weight is 242 g/mol. The number of carbonyl (C=O) groups excluding carboxylic acids is 1. The maximum absolute atomic E-state index is 11.5. The minimum Gasteiger partial charge on any atom is -0.352 e. The average Bonchev–Trinajstić information content (AvgIpc) is 2.16. The van der Waals surface area contributed by atoms with Crippen molar-refractivity contribution < 1.29 is 4.79 Å². The maximum atomic E-state index is 11.5. The van der Waals surface area contributed by atoms with Crippen LogP contribution in [0.2, 0.25) is 5.15 Å². The van der Waals surface area contributed by atoms with Gasteiger partial charge in [-0.2, -0.15) is 0 Å². The zero-order chi connectivity index (χ0) is 12.1. The van der Waals surface area contributed by atoms with E-state index in [1.165, 1.54) is 0 Å². The molecule has 1 aromatic rings. The zero-order valence-electron chi connectivity index (χ0n) is 9.70. The molecule has 4 nitrogen and oxygen atoms in total. The number of likely N-dealkylation sites (N-methyl/N-ethyl adjacent to an activating group) is 1. The molecule has 16 heavy (non-hydrogen) atoms. The van der Waals surface area contributed by atoms with Gasteiger partial charge in [0.1, 0.15) is 11.0 Å². The number of hydrogen-bond acceptors (Lipinski definition) is 3. The number of amides is 1. The van der Waals surface area contributed by atoms with Gasteiger partial charge in [-0.25, -0.2) is 4.98 Å². The summed E-state index contributed by atoms with van der Waals surface area (Å²) in [6, 6.07) is 5.47. The van der Waals surface area contributed by atoms with Crippen molar-refractivity contribution in [3.8, 4) is 0 Å². The van der Waals surface area contributed by atoms with Gasteiger partial charge in [-0.15, -0.1) is 0 Å². The van der Waals surface area contributed by atoms with Gasteiger partial charge in [0.2, 0.25) is 5.91 Å². The molecular weight excluding hydrogens is 226 g/mol. The van der Waals surface area contributed by atoms with E-state index in [1.54, 1.807) is 18.0 Å². The van der Waals surface area contributed by atoms with Crippen molar-refractivity contribution in [2.45, 2.75) is 19.9 Å². The summed E-state index contributed by atoms with van der Waals surface area (Å²) in [5.74, 6) is 0.658. The summed E-state index contributed by atoms with van der Waals surface area (Å²) < 4.78 is 0. The number of aromatic nitrogens is 1. The summed E-state index contributed by atoms with van der Waals surface area (Å²) in [5.41, 5.74) is 0. The van der Waals surface area contributed by atoms with Crippen LogP contribution in [0.15, 0.2) is 18.2 Å². The van der Waals surface area contributed by atoms with Crippen molar-refractivity contribution in [2.75, 3.05) is 18.5 Å². The Morgan fingerprint density at radius 1 is 1.56 bits per heavy atom. The van der Waals surface area contributed by atoms with Gasteiger partial charge in [-0.1, -0.05) is 17.7 Å². The highest BCUT2D eigenvalue weighted by molar-refractivity contribution is 6.29. The van der Waals surface area contributed by atoms with Gasteiger partial charge < -0.3 is 10.2 Å². The molecule has 1 heterocycles. The zero-order valence-corrected chi connectivity index (χ0v) is 10.5. The predicted octanol–water partition coefficient (Wildman–Crippen LogP) is 1.70. The van der Waals surface area contributed by atoms with E-state index in [1.807, 2.05) is 26.0 Å². The molecule has 0 radical (unpaired) electrons. The molecule has 0 aromatic carbocycles. The van der Waals surface area contributed by atoms with Gasteiger partial charge in [-0.3, -0.25) is 4.79 Å². The molecule has 1 amide bonds. The van der Waals surface area contributed by atoms with Crippen LogP contribution in [-0.4, -0.2) is 30.5 Å². The van der Waals surface area contributed by atoms with E-state index < -0.39 is 0 Å². The van der Waals surface area contributed by atoms with Crippen LogP contribution in [0.1, 0.15) is 13.8 Å². The van der Waals surface area contributed by atoms with E-state index in [9.17, 15) is 4.79 Å². The normalized spacial score (nSPS) is 10.3. The Hall–Kier alpha value is -1.29. The highest BCUT2D eigenvalue weighted by atomic mass is 35.5. The number of rotatable bonds is 4. The molecule has 0 fully saturated rings. The monoisotopic (exact) mass is 241 g/mol. The fourth-order valence-corrected chi connectivity index (χ4v) is 1.43. The molecule has 1 rings (SSSR count). The molecule has 0 saturated carbocycles. The molecule has 5 heteroatoms. The first-order valence-corrected chi connectivity index (χ1v) is 5.50. The van der Waals surface area contributed by atoms with Gasteiger partial charge in [0.05, 0.1) is 6.54 Å². The third kappa shape index (κ3) is 4.06. The summed E-state index contributed by atoms with van der Waals surface area (Å²) in [4.78, 5) is 17.4. The van der Waals surface area contributed by atoms with Crippen LogP contribution in [0.4, 0.5) is 5.82 Å². The molecule has 0 aliphatic carbocycles. The number of nitrogens with zero attached hydrogens (tertiary/aromatic N) is 2. The summed E-state index contributed by atoms with van der Waals surface area (Å²) >= 11 is 5.77. The Morgan fingerprint density at radius 3 is 2.81 bits per heavy atom. The fraction of sp³-hybridized carbons (Fsp3) is 0.455. The number of nitrogens with one attached hydrogen (secondary N) is 1. The smallest absolute Gasteiger partial charge is 0.239 e. The fourth-order valence-electron chi connectivity index (χ4n) is 1.27. The topological polar surface area (TPSA) is 45.2 Å². The van der Waals surface area contributed by atoms with Crippen LogP contribution in [0.3, 0.4) is 0 Å². The van der Waals surface area contributed by atoms with Gasteiger partial charge in [0, 0.05) is 13.1 Å². The lowest BCUT2D eigenvalue weighted by Crippen LogP contribution is -2.38. The highest BCUT2D eigenvalue weighted by Crippen LogP contribution is 2.12. The van der Waals surface area contributed by atoms with Crippen molar-refractivity contribution in [3.63, 3.8) is 0 Å². The molecule has 0 aliphatic heterocycles. The molecule has 0 unspecified atom stereocenters. The van der Waals surface area contributed by atoms with E-state index in [2.05, 4.69) is 10.3 Å². The molecule has 1 N–H and O–H groups in total. The molecule has 0 atom stereocenters. The molecule has 0 bridgehead atoms. The van der Waals surface area contributed by atoms with E-state index in [-0.39, 0.29) is 18.5 Å². The highest BCUT2D eigenvalue weighted by Gasteiger charge is 2.09. The van der Waals surface area contributed by atoms with Crippen molar-refractivity contribution >= 4 is 23.3 Å². The number of pyridine rings is 1. The molecule has 0 saturated heterocycles. The predicted molar refractivity (Wildman–Crippen MR) is 65.8 cm³/mol. The number of halogens is 1. The van der Waals surface area contributed by atoms with Crippen molar-refractivity contribution in [2.24, 2.45) is 0 Å². The van der Waals surface area contributed by atoms with E-state index in [0.29, 0.717) is 11.0 Å². The summed E-state index contributed by atoms with van der Waals surface area (Å²) in [6.45, 7) is 4.12. The van der Waals surface area contributed by atoms with Crippen LogP contribution in [-0.2, 0) is 4.79 Å². The summed E-state index contributed by atoms with van der Waals surface area (Å²) in [5, 5.41) is 3.24. The van der Waals surface area contributed by atoms with Crippen LogP contribution >= 0.6 is 11.6 Å². The largest absolute Gasteiger partial charge is 0.352 e. The Balaban J connectivity index is 2.58. The van der Waals surface area contributed by atoms with E-state index in [4.69, 9.17) is 11.6 Å². The first kappa shape index (κ1) is 12.8. The van der Waals surface area contributed by atoms with Crippen LogP contribution in [0.5, 0.6) is 0 Å². The minimum atomic E-state index is -0.0284. The standard InChI is InChI=1S/C11H16ClN3O/c1-8(2)13-11(16)7-15(3)10-6-4-5-9(12)14-10/h4-6,8H,7H2,1-3H3,(H,13,16). The van der Waals surface area contributed by atoms with Crippen LogP contribution < -0.4 is 10.2 Å². The van der Waals surface area contributed by atoms with Gasteiger partial charge in [0.15, 0.2) is 0 Å². The molecule has 1 aromatic heterocycles. The van der Waals surface area contributed by atoms with Crippen molar-refractivity contribution in [1.29, 1.82) is 0 Å². The molecular formula is C11H16ClN3O. The Kier molecular flexibility index (Phi) is 4.55. The quantitative estimate of drug-likeness (QED) is 0.817. The lowest BCUT2D eigenvalue weighted by atomic mass is 10.3. The number of carbonyl (C=O) groups is 1. The van der Waals surface area contributed by atoms with Gasteiger partial charge >= 0.3 is 0 Å². The van der Waals surface area contributed by atoms with Crippen molar-refractivity contribution in [1.82, 2.24) is 10.3 Å². The first-order chi connectivity index (χ1) is 7.49. The lowest BCUT2D eigenvalue weighted by molar-refractivity contribution is -0.120. The minimum absolute atomic E-state index is 0.0284. The lowest BCUT2D eigenvalue weighted by Gasteiger charge is -2.18. The second kappa shape index (κ2) is 5.70. The number of anilines is 1. The SMILES string of the molecule is CC(C)NC(=O)CN(C)c1cccc(Cl)n1. The molecule has 0 aliphatic rings. The van der Waals surface area contributed by atoms with Crippen LogP contribution in [0, 0.1) is 0 Å². The van der Waals surface area contributed by atoms with Gasteiger partial charge in [-0.05, 0) is 26.0 Å². The third-order valence-electron chi connectivity index (χ3n) is 1.92. The Labute approximate surface area is 101 Å². The van der Waals surface area contributed by atoms with E-state index >= 15 is 0 Å². The van der Waals surface area contributed by atoms with Gasteiger partial charge in [0.25, 0.3) is 0 Å². The van der Waals surface area contributed by atoms with E-state index in [0.717, 1.165) is 0 Å². The summed E-state index contributed by atoms with van der Waals surface area (Å²) in [7, 11) is 1.80. The number of hydrogen-bond donors (Lipinski definition) is 1. The second-order valence-electron chi connectivity index (χ2n) is 3.90. The first-order valence-electron chi connectivity index (χ1n) is 5.12. The maximum Gasteiger partial charge on any atom is 0.239 e. The van der Waals surface area contributed by atoms with Crippen molar-refractivity contribution in [3.05, 3.63) is 23.4 Å². The molecule has 88 valence electrons. The Bertz CT molecular complexity index is 368.